The number of likely N-dealkylation sites (tertiary alicyclic amines) is 1. The van der Waals surface area contributed by atoms with Crippen LogP contribution in [-0.4, -0.2) is 46.0 Å². The molecule has 0 bridgehead atoms. The molecule has 0 aliphatic carbocycles. The highest BCUT2D eigenvalue weighted by Gasteiger charge is 2.17. The van der Waals surface area contributed by atoms with Gasteiger partial charge < -0.3 is 9.42 Å². The van der Waals surface area contributed by atoms with Gasteiger partial charge >= 0.3 is 0 Å². The number of hydrogen-bond acceptors (Lipinski definition) is 5. The van der Waals surface area contributed by atoms with Gasteiger partial charge in [0.15, 0.2) is 0 Å². The van der Waals surface area contributed by atoms with Crippen LogP contribution in [0, 0.1) is 6.92 Å². The Hall–Kier alpha value is -2.99. The molecule has 0 unspecified atom stereocenters. The van der Waals surface area contributed by atoms with Gasteiger partial charge in [0, 0.05) is 24.7 Å². The summed E-state index contributed by atoms with van der Waals surface area (Å²) in [5.74, 6) is 0.894. The summed E-state index contributed by atoms with van der Waals surface area (Å²) < 4.78 is 5.35. The molecule has 1 aliphatic rings. The van der Waals surface area contributed by atoms with Gasteiger partial charge in [0.05, 0.1) is 6.54 Å². The van der Waals surface area contributed by atoms with Crippen LogP contribution in [0.2, 0.25) is 0 Å². The van der Waals surface area contributed by atoms with Crippen molar-refractivity contribution in [3.8, 4) is 11.4 Å². The molecule has 4 rings (SSSR count). The van der Waals surface area contributed by atoms with Crippen LogP contribution in [0.3, 0.4) is 0 Å². The van der Waals surface area contributed by atoms with Crippen LogP contribution in [0.25, 0.3) is 11.4 Å². The molecule has 6 heteroatoms. The molecule has 1 saturated heterocycles. The Balaban J connectivity index is 1.36. The Morgan fingerprint density at radius 1 is 1.03 bits per heavy atom. The summed E-state index contributed by atoms with van der Waals surface area (Å²) >= 11 is 0. The van der Waals surface area contributed by atoms with Crippen LogP contribution in [0.4, 0.5) is 0 Å². The van der Waals surface area contributed by atoms with Gasteiger partial charge in [0.2, 0.25) is 11.7 Å². The van der Waals surface area contributed by atoms with Gasteiger partial charge in [0.25, 0.3) is 5.91 Å². The average Bonchev–Trinajstić information content (AvgIpc) is 3.23. The zero-order valence-corrected chi connectivity index (χ0v) is 17.7. The Morgan fingerprint density at radius 3 is 2.43 bits per heavy atom. The second-order valence-electron chi connectivity index (χ2n) is 8.07. The van der Waals surface area contributed by atoms with Crippen LogP contribution in [-0.2, 0) is 13.1 Å². The first kappa shape index (κ1) is 20.3. The summed E-state index contributed by atoms with van der Waals surface area (Å²) in [6, 6.07) is 15.9. The lowest BCUT2D eigenvalue weighted by Gasteiger charge is -2.26. The molecule has 0 spiro atoms. The van der Waals surface area contributed by atoms with E-state index in [9.17, 15) is 4.79 Å². The first-order valence-electron chi connectivity index (χ1n) is 10.5. The lowest BCUT2D eigenvalue weighted by Crippen LogP contribution is -2.29. The van der Waals surface area contributed by atoms with Crippen molar-refractivity contribution >= 4 is 5.91 Å². The van der Waals surface area contributed by atoms with E-state index >= 15 is 0 Å². The summed E-state index contributed by atoms with van der Waals surface area (Å²) in [4.78, 5) is 21.3. The summed E-state index contributed by atoms with van der Waals surface area (Å²) in [7, 11) is 1.75. The Kier molecular flexibility index (Phi) is 6.23. The zero-order chi connectivity index (χ0) is 20.9. The molecule has 0 radical (unpaired) electrons. The van der Waals surface area contributed by atoms with Crippen molar-refractivity contribution < 1.29 is 9.32 Å². The highest BCUT2D eigenvalue weighted by Crippen LogP contribution is 2.18. The molecule has 1 aromatic heterocycles. The van der Waals surface area contributed by atoms with E-state index in [-0.39, 0.29) is 12.5 Å². The van der Waals surface area contributed by atoms with Crippen LogP contribution >= 0.6 is 0 Å². The van der Waals surface area contributed by atoms with Crippen LogP contribution in [0.5, 0.6) is 0 Å². The average molecular weight is 405 g/mol. The van der Waals surface area contributed by atoms with Crippen molar-refractivity contribution in [2.75, 3.05) is 20.1 Å². The van der Waals surface area contributed by atoms with Gasteiger partial charge in [-0.15, -0.1) is 0 Å². The number of piperidine rings is 1. The maximum absolute atomic E-state index is 12.8. The second kappa shape index (κ2) is 9.22. The highest BCUT2D eigenvalue weighted by molar-refractivity contribution is 5.94. The van der Waals surface area contributed by atoms with Crippen molar-refractivity contribution in [2.24, 2.45) is 0 Å². The third-order valence-electron chi connectivity index (χ3n) is 5.55. The van der Waals surface area contributed by atoms with E-state index in [4.69, 9.17) is 4.52 Å². The maximum atomic E-state index is 12.8. The lowest BCUT2D eigenvalue weighted by atomic mass is 10.1. The van der Waals surface area contributed by atoms with E-state index in [0.717, 1.165) is 25.2 Å². The maximum Gasteiger partial charge on any atom is 0.254 e. The van der Waals surface area contributed by atoms with Gasteiger partial charge in [-0.1, -0.05) is 53.5 Å². The molecule has 3 aromatic rings. The molecule has 0 atom stereocenters. The number of rotatable bonds is 6. The molecule has 156 valence electrons. The molecule has 2 aromatic carbocycles. The van der Waals surface area contributed by atoms with Crippen molar-refractivity contribution in [1.29, 1.82) is 0 Å². The monoisotopic (exact) mass is 404 g/mol. The third kappa shape index (κ3) is 4.94. The summed E-state index contributed by atoms with van der Waals surface area (Å²) in [6.07, 6.45) is 3.90. The van der Waals surface area contributed by atoms with Crippen molar-refractivity contribution in [3.05, 3.63) is 71.1 Å². The molecule has 1 fully saturated rings. The van der Waals surface area contributed by atoms with Crippen LogP contribution in [0.15, 0.2) is 53.1 Å². The van der Waals surface area contributed by atoms with Crippen molar-refractivity contribution in [2.45, 2.75) is 39.3 Å². The number of carbonyl (C=O) groups is 1. The second-order valence-corrected chi connectivity index (χ2v) is 8.07. The predicted octanol–water partition coefficient (Wildman–Crippen LogP) is 4.30. The van der Waals surface area contributed by atoms with Gasteiger partial charge in [-0.3, -0.25) is 9.69 Å². The van der Waals surface area contributed by atoms with Gasteiger partial charge in [-0.05, 0) is 50.6 Å². The number of nitrogens with zero attached hydrogens (tertiary/aromatic N) is 4. The number of aryl methyl sites for hydroxylation is 1. The Labute approximate surface area is 177 Å². The minimum absolute atomic E-state index is 0.0605. The molecule has 2 heterocycles. The number of hydrogen-bond donors (Lipinski definition) is 0. The fourth-order valence-corrected chi connectivity index (χ4v) is 3.76. The smallest absolute Gasteiger partial charge is 0.254 e. The zero-order valence-electron chi connectivity index (χ0n) is 17.7. The largest absolute Gasteiger partial charge is 0.337 e. The Morgan fingerprint density at radius 2 is 1.73 bits per heavy atom. The number of amides is 1. The minimum atomic E-state index is -0.0605. The fraction of sp³-hybridized carbons (Fsp3) is 0.375. The highest BCUT2D eigenvalue weighted by atomic mass is 16.5. The van der Waals surface area contributed by atoms with E-state index < -0.39 is 0 Å². The van der Waals surface area contributed by atoms with E-state index in [1.54, 1.807) is 11.9 Å². The summed E-state index contributed by atoms with van der Waals surface area (Å²) in [6.45, 7) is 5.59. The topological polar surface area (TPSA) is 62.5 Å². The molecule has 6 nitrogen and oxygen atoms in total. The van der Waals surface area contributed by atoms with E-state index in [1.165, 1.54) is 30.4 Å². The normalized spacial score (nSPS) is 14.6. The van der Waals surface area contributed by atoms with Crippen LogP contribution in [0.1, 0.15) is 46.6 Å². The minimum Gasteiger partial charge on any atom is -0.337 e. The lowest BCUT2D eigenvalue weighted by molar-refractivity contribution is 0.0769. The van der Waals surface area contributed by atoms with Crippen molar-refractivity contribution in [3.63, 3.8) is 0 Å². The molecule has 1 amide bonds. The van der Waals surface area contributed by atoms with E-state index in [0.29, 0.717) is 17.3 Å². The number of aromatic nitrogens is 2. The standard InChI is InChI=1S/C24H28N4O2/c1-18-6-10-20(11-7-18)23-25-22(30-26-23)17-27(2)24(29)21-12-8-19(9-13-21)16-28-14-4-3-5-15-28/h6-13H,3-5,14-17H2,1-2H3. The van der Waals surface area contributed by atoms with Gasteiger partial charge in [-0.25, -0.2) is 0 Å². The van der Waals surface area contributed by atoms with E-state index in [1.807, 2.05) is 43.3 Å². The summed E-state index contributed by atoms with van der Waals surface area (Å²) in [5, 5.41) is 4.04. The SMILES string of the molecule is Cc1ccc(-c2noc(CN(C)C(=O)c3ccc(CN4CCCCC4)cc3)n2)cc1. The quantitative estimate of drug-likeness (QED) is 0.613. The summed E-state index contributed by atoms with van der Waals surface area (Å²) in [5.41, 5.74) is 3.98. The molecule has 0 saturated carbocycles. The number of carbonyl (C=O) groups excluding carboxylic acids is 1. The Bertz CT molecular complexity index is 973. The van der Waals surface area contributed by atoms with Gasteiger partial charge in [-0.2, -0.15) is 4.98 Å². The first-order valence-corrected chi connectivity index (χ1v) is 10.5. The molecule has 30 heavy (non-hydrogen) atoms. The number of benzene rings is 2. The van der Waals surface area contributed by atoms with Crippen LogP contribution < -0.4 is 0 Å². The fourth-order valence-electron chi connectivity index (χ4n) is 3.76. The third-order valence-corrected chi connectivity index (χ3v) is 5.55. The molecule has 1 aliphatic heterocycles. The molecular formula is C24H28N4O2. The van der Waals surface area contributed by atoms with Gasteiger partial charge in [0.1, 0.15) is 0 Å². The van der Waals surface area contributed by atoms with E-state index in [2.05, 4.69) is 27.2 Å². The van der Waals surface area contributed by atoms with Crippen molar-refractivity contribution in [1.82, 2.24) is 19.9 Å². The molecular weight excluding hydrogens is 376 g/mol. The molecule has 0 N–H and O–H groups in total. The first-order chi connectivity index (χ1) is 14.6. The predicted molar refractivity (Wildman–Crippen MR) is 116 cm³/mol.